The molecule has 2 N–H and O–H groups in total. The van der Waals surface area contributed by atoms with E-state index in [1.54, 1.807) is 6.20 Å². The van der Waals surface area contributed by atoms with Gasteiger partial charge in [-0.3, -0.25) is 9.69 Å². The van der Waals surface area contributed by atoms with Crippen molar-refractivity contribution in [2.24, 2.45) is 0 Å². The van der Waals surface area contributed by atoms with Crippen LogP contribution in [0.25, 0.3) is 0 Å². The van der Waals surface area contributed by atoms with E-state index in [4.69, 9.17) is 9.47 Å². The predicted molar refractivity (Wildman–Crippen MR) is 119 cm³/mol. The molecule has 30 heavy (non-hydrogen) atoms. The van der Waals surface area contributed by atoms with Crippen molar-refractivity contribution in [3.63, 3.8) is 0 Å². The Labute approximate surface area is 178 Å². The highest BCUT2D eigenvalue weighted by Gasteiger charge is 2.19. The van der Waals surface area contributed by atoms with E-state index in [0.717, 1.165) is 49.7 Å². The Morgan fingerprint density at radius 2 is 1.77 bits per heavy atom. The summed E-state index contributed by atoms with van der Waals surface area (Å²) in [5.41, 5.74) is 2.20. The number of carbonyl (C=O) groups is 1. The minimum Gasteiger partial charge on any atom is -0.494 e. The number of amides is 1. The number of carbonyl (C=O) groups excluding carboxylic acids is 1. The van der Waals surface area contributed by atoms with Crippen LogP contribution in [0.3, 0.4) is 0 Å². The fourth-order valence-electron chi connectivity index (χ4n) is 3.68. The van der Waals surface area contributed by atoms with Gasteiger partial charge in [-0.15, -0.1) is 0 Å². The Bertz CT molecular complexity index is 793. The summed E-state index contributed by atoms with van der Waals surface area (Å²) in [4.78, 5) is 17.8. The standard InChI is InChI=1S/C23H32N4O3/c1-4-29-21-12-18(13-22(14-21)30-5-2)16-27-10-8-19(9-11-27)26-20-6-7-23(24-15-20)25-17(3)28/h6-7,12-15,19,26H,4-5,8-11,16H2,1-3H3,(H,24,25,28). The molecule has 162 valence electrons. The molecule has 1 aromatic heterocycles. The van der Waals surface area contributed by atoms with Crippen molar-refractivity contribution < 1.29 is 14.3 Å². The van der Waals surface area contributed by atoms with Crippen molar-refractivity contribution in [1.29, 1.82) is 0 Å². The second-order valence-electron chi connectivity index (χ2n) is 7.49. The number of hydrogen-bond acceptors (Lipinski definition) is 6. The molecule has 7 heteroatoms. The molecule has 0 aliphatic carbocycles. The van der Waals surface area contributed by atoms with E-state index in [2.05, 4.69) is 32.7 Å². The minimum absolute atomic E-state index is 0.115. The maximum Gasteiger partial charge on any atom is 0.222 e. The van der Waals surface area contributed by atoms with Gasteiger partial charge in [0.1, 0.15) is 17.3 Å². The minimum atomic E-state index is -0.115. The maximum absolute atomic E-state index is 11.1. The first-order valence-electron chi connectivity index (χ1n) is 10.7. The molecule has 3 rings (SSSR count). The third-order valence-corrected chi connectivity index (χ3v) is 4.99. The summed E-state index contributed by atoms with van der Waals surface area (Å²) in [5, 5.41) is 6.24. The van der Waals surface area contributed by atoms with E-state index >= 15 is 0 Å². The molecular formula is C23H32N4O3. The van der Waals surface area contributed by atoms with Gasteiger partial charge in [0.25, 0.3) is 0 Å². The smallest absolute Gasteiger partial charge is 0.222 e. The van der Waals surface area contributed by atoms with Crippen LogP contribution in [0.5, 0.6) is 11.5 Å². The second-order valence-corrected chi connectivity index (χ2v) is 7.49. The van der Waals surface area contributed by atoms with Crippen LogP contribution < -0.4 is 20.1 Å². The van der Waals surface area contributed by atoms with Crippen molar-refractivity contribution >= 4 is 17.4 Å². The van der Waals surface area contributed by atoms with E-state index in [0.29, 0.717) is 25.1 Å². The van der Waals surface area contributed by atoms with Crippen LogP contribution in [-0.4, -0.2) is 48.1 Å². The van der Waals surface area contributed by atoms with Crippen LogP contribution in [0.1, 0.15) is 39.2 Å². The first kappa shape index (κ1) is 21.9. The first-order valence-corrected chi connectivity index (χ1v) is 10.7. The molecule has 2 aromatic rings. The highest BCUT2D eigenvalue weighted by Crippen LogP contribution is 2.25. The molecule has 0 spiro atoms. The molecule has 0 unspecified atom stereocenters. The number of nitrogens with zero attached hydrogens (tertiary/aromatic N) is 2. The Kier molecular flexibility index (Phi) is 7.90. The lowest BCUT2D eigenvalue weighted by Gasteiger charge is -2.33. The zero-order chi connectivity index (χ0) is 21.3. The third-order valence-electron chi connectivity index (χ3n) is 4.99. The lowest BCUT2D eigenvalue weighted by atomic mass is 10.0. The van der Waals surface area contributed by atoms with Crippen molar-refractivity contribution in [2.75, 3.05) is 36.9 Å². The van der Waals surface area contributed by atoms with Gasteiger partial charge in [0, 0.05) is 38.7 Å². The highest BCUT2D eigenvalue weighted by atomic mass is 16.5. The summed E-state index contributed by atoms with van der Waals surface area (Å²) >= 11 is 0. The molecule has 1 aliphatic rings. The van der Waals surface area contributed by atoms with E-state index in [1.165, 1.54) is 12.5 Å². The largest absolute Gasteiger partial charge is 0.494 e. The molecule has 0 bridgehead atoms. The van der Waals surface area contributed by atoms with E-state index in [-0.39, 0.29) is 5.91 Å². The molecule has 1 aromatic carbocycles. The zero-order valence-corrected chi connectivity index (χ0v) is 18.1. The number of pyridine rings is 1. The number of rotatable bonds is 9. The third kappa shape index (κ3) is 6.62. The molecule has 7 nitrogen and oxygen atoms in total. The summed E-state index contributed by atoms with van der Waals surface area (Å²) in [6.07, 6.45) is 3.90. The van der Waals surface area contributed by atoms with Gasteiger partial charge in [0.2, 0.25) is 5.91 Å². The van der Waals surface area contributed by atoms with Crippen LogP contribution in [-0.2, 0) is 11.3 Å². The molecule has 0 atom stereocenters. The molecule has 1 amide bonds. The van der Waals surface area contributed by atoms with E-state index in [9.17, 15) is 4.79 Å². The lowest BCUT2D eigenvalue weighted by molar-refractivity contribution is -0.114. The number of likely N-dealkylation sites (tertiary alicyclic amines) is 1. The van der Waals surface area contributed by atoms with Crippen molar-refractivity contribution in [3.05, 3.63) is 42.1 Å². The second kappa shape index (κ2) is 10.8. The maximum atomic E-state index is 11.1. The van der Waals surface area contributed by atoms with Gasteiger partial charge in [-0.05, 0) is 56.5 Å². The van der Waals surface area contributed by atoms with Crippen LogP contribution in [0.15, 0.2) is 36.5 Å². The lowest BCUT2D eigenvalue weighted by Crippen LogP contribution is -2.38. The first-order chi connectivity index (χ1) is 14.6. The van der Waals surface area contributed by atoms with Crippen LogP contribution in [0.4, 0.5) is 11.5 Å². The number of nitrogens with one attached hydrogen (secondary N) is 2. The predicted octanol–water partition coefficient (Wildman–Crippen LogP) is 3.91. The number of piperidine rings is 1. The van der Waals surface area contributed by atoms with Crippen LogP contribution in [0.2, 0.25) is 0 Å². The fourth-order valence-corrected chi connectivity index (χ4v) is 3.68. The number of anilines is 2. The Hall–Kier alpha value is -2.80. The van der Waals surface area contributed by atoms with Gasteiger partial charge in [-0.2, -0.15) is 0 Å². The van der Waals surface area contributed by atoms with Gasteiger partial charge >= 0.3 is 0 Å². The molecule has 1 saturated heterocycles. The molecule has 0 saturated carbocycles. The molecule has 0 radical (unpaired) electrons. The number of hydrogen-bond donors (Lipinski definition) is 2. The van der Waals surface area contributed by atoms with Gasteiger partial charge in [0.05, 0.1) is 25.1 Å². The van der Waals surface area contributed by atoms with Gasteiger partial charge < -0.3 is 20.1 Å². The zero-order valence-electron chi connectivity index (χ0n) is 18.1. The van der Waals surface area contributed by atoms with Crippen LogP contribution >= 0.6 is 0 Å². The number of aromatic nitrogens is 1. The van der Waals surface area contributed by atoms with Crippen molar-refractivity contribution in [2.45, 2.75) is 46.2 Å². The fraction of sp³-hybridized carbons (Fsp3) is 0.478. The molecule has 1 fully saturated rings. The topological polar surface area (TPSA) is 75.7 Å². The van der Waals surface area contributed by atoms with E-state index < -0.39 is 0 Å². The van der Waals surface area contributed by atoms with E-state index in [1.807, 2.05) is 32.0 Å². The Morgan fingerprint density at radius 1 is 1.10 bits per heavy atom. The molecule has 1 aliphatic heterocycles. The normalized spacial score (nSPS) is 14.9. The monoisotopic (exact) mass is 412 g/mol. The van der Waals surface area contributed by atoms with Gasteiger partial charge in [0.15, 0.2) is 0 Å². The summed E-state index contributed by atoms with van der Waals surface area (Å²) in [6, 6.07) is 10.4. The summed E-state index contributed by atoms with van der Waals surface area (Å²) in [5.74, 6) is 2.19. The summed E-state index contributed by atoms with van der Waals surface area (Å²) in [7, 11) is 0. The highest BCUT2D eigenvalue weighted by molar-refractivity contribution is 5.87. The molecular weight excluding hydrogens is 380 g/mol. The molecule has 2 heterocycles. The quantitative estimate of drug-likeness (QED) is 0.650. The van der Waals surface area contributed by atoms with Crippen molar-refractivity contribution in [3.8, 4) is 11.5 Å². The number of benzene rings is 1. The van der Waals surface area contributed by atoms with Gasteiger partial charge in [-0.25, -0.2) is 4.98 Å². The average molecular weight is 413 g/mol. The SMILES string of the molecule is CCOc1cc(CN2CCC(Nc3ccc(NC(C)=O)nc3)CC2)cc(OCC)c1. The van der Waals surface area contributed by atoms with Crippen LogP contribution in [0, 0.1) is 0 Å². The summed E-state index contributed by atoms with van der Waals surface area (Å²) in [6.45, 7) is 9.70. The average Bonchev–Trinajstić information content (AvgIpc) is 2.71. The van der Waals surface area contributed by atoms with Gasteiger partial charge in [-0.1, -0.05) is 0 Å². The van der Waals surface area contributed by atoms with Crippen molar-refractivity contribution in [1.82, 2.24) is 9.88 Å². The Morgan fingerprint density at radius 3 is 2.30 bits per heavy atom. The number of ether oxygens (including phenoxy) is 2. The Balaban J connectivity index is 1.51. The summed E-state index contributed by atoms with van der Waals surface area (Å²) < 4.78 is 11.4.